The number of nitrogens with two attached hydrogens (primary N) is 1. The topological polar surface area (TPSA) is 58.4 Å². The van der Waals surface area contributed by atoms with Gasteiger partial charge in [-0.3, -0.25) is 9.69 Å². The highest BCUT2D eigenvalue weighted by molar-refractivity contribution is 9.11. The molecule has 1 saturated heterocycles. The zero-order valence-electron chi connectivity index (χ0n) is 11.9. The molecule has 1 aromatic rings. The van der Waals surface area contributed by atoms with Gasteiger partial charge in [-0.1, -0.05) is 13.8 Å². The van der Waals surface area contributed by atoms with Gasteiger partial charge in [0.2, 0.25) is 5.91 Å². The number of carbonyl (C=O) groups is 1. The molecular weight excluding hydrogens is 338 g/mol. The van der Waals surface area contributed by atoms with Crippen molar-refractivity contribution in [1.29, 1.82) is 0 Å². The van der Waals surface area contributed by atoms with Crippen LogP contribution in [0.3, 0.4) is 0 Å². The molecule has 1 aliphatic heterocycles. The maximum atomic E-state index is 12.1. The first-order chi connectivity index (χ1) is 9.58. The van der Waals surface area contributed by atoms with E-state index < -0.39 is 0 Å². The second-order valence-corrected chi connectivity index (χ2v) is 7.61. The number of nitrogens with zero attached hydrogens (tertiary/aromatic N) is 1. The Labute approximate surface area is 132 Å². The molecule has 0 bridgehead atoms. The fourth-order valence-corrected chi connectivity index (χ4v) is 4.44. The second-order valence-electron chi connectivity index (χ2n) is 5.11. The van der Waals surface area contributed by atoms with E-state index in [2.05, 4.69) is 52.1 Å². The van der Waals surface area contributed by atoms with E-state index in [0.29, 0.717) is 6.54 Å². The molecule has 112 valence electrons. The van der Waals surface area contributed by atoms with Gasteiger partial charge in [-0.2, -0.15) is 0 Å². The Bertz CT molecular complexity index is 465. The molecule has 1 aromatic heterocycles. The van der Waals surface area contributed by atoms with E-state index >= 15 is 0 Å². The third kappa shape index (κ3) is 3.24. The van der Waals surface area contributed by atoms with Crippen molar-refractivity contribution in [3.8, 4) is 0 Å². The molecule has 0 aromatic carbocycles. The number of hydrogen-bond donors (Lipinski definition) is 2. The lowest BCUT2D eigenvalue weighted by Crippen LogP contribution is -2.58. The Morgan fingerprint density at radius 2 is 2.30 bits per heavy atom. The maximum Gasteiger partial charge on any atom is 0.237 e. The van der Waals surface area contributed by atoms with Gasteiger partial charge in [0.15, 0.2) is 0 Å². The van der Waals surface area contributed by atoms with Crippen molar-refractivity contribution in [2.45, 2.75) is 44.8 Å². The Hall–Kier alpha value is -0.430. The number of rotatable bonds is 5. The zero-order valence-corrected chi connectivity index (χ0v) is 14.3. The molecule has 2 rings (SSSR count). The largest absolute Gasteiger partial charge is 0.353 e. The average molecular weight is 360 g/mol. The van der Waals surface area contributed by atoms with E-state index in [1.807, 2.05) is 0 Å². The summed E-state index contributed by atoms with van der Waals surface area (Å²) in [6.07, 6.45) is 1.71. The van der Waals surface area contributed by atoms with Crippen molar-refractivity contribution < 1.29 is 4.79 Å². The third-order valence-corrected chi connectivity index (χ3v) is 5.57. The Kier molecular flexibility index (Phi) is 5.60. The first kappa shape index (κ1) is 15.9. The SMILES string of the molecule is CCC(N)C(c1ccc(Br)s1)N1CCNC(=O)C1CC. The van der Waals surface area contributed by atoms with Crippen LogP contribution in [0.4, 0.5) is 0 Å². The first-order valence-electron chi connectivity index (χ1n) is 7.12. The normalized spacial score (nSPS) is 23.4. The molecule has 20 heavy (non-hydrogen) atoms. The molecule has 1 fully saturated rings. The summed E-state index contributed by atoms with van der Waals surface area (Å²) in [6, 6.07) is 4.26. The molecule has 1 aliphatic rings. The van der Waals surface area contributed by atoms with Crippen molar-refractivity contribution in [3.05, 3.63) is 20.8 Å². The van der Waals surface area contributed by atoms with Crippen LogP contribution in [-0.2, 0) is 4.79 Å². The van der Waals surface area contributed by atoms with Crippen LogP contribution in [0.2, 0.25) is 0 Å². The highest BCUT2D eigenvalue weighted by Crippen LogP contribution is 2.35. The predicted octanol–water partition coefficient (Wildman–Crippen LogP) is 2.50. The van der Waals surface area contributed by atoms with Crippen LogP contribution < -0.4 is 11.1 Å². The first-order valence-corrected chi connectivity index (χ1v) is 8.73. The highest BCUT2D eigenvalue weighted by atomic mass is 79.9. The van der Waals surface area contributed by atoms with Gasteiger partial charge >= 0.3 is 0 Å². The van der Waals surface area contributed by atoms with Crippen LogP contribution in [0.1, 0.15) is 37.6 Å². The van der Waals surface area contributed by atoms with E-state index in [9.17, 15) is 4.79 Å². The van der Waals surface area contributed by atoms with E-state index in [0.717, 1.165) is 23.2 Å². The van der Waals surface area contributed by atoms with Gasteiger partial charge in [-0.05, 0) is 40.9 Å². The van der Waals surface area contributed by atoms with E-state index in [-0.39, 0.29) is 24.0 Å². The lowest BCUT2D eigenvalue weighted by atomic mass is 9.98. The molecule has 0 radical (unpaired) electrons. The van der Waals surface area contributed by atoms with E-state index in [4.69, 9.17) is 5.73 Å². The zero-order chi connectivity index (χ0) is 14.7. The number of halogens is 1. The van der Waals surface area contributed by atoms with E-state index in [1.54, 1.807) is 11.3 Å². The predicted molar refractivity (Wildman–Crippen MR) is 86.8 cm³/mol. The second kappa shape index (κ2) is 7.02. The van der Waals surface area contributed by atoms with Crippen molar-refractivity contribution in [1.82, 2.24) is 10.2 Å². The van der Waals surface area contributed by atoms with Crippen LogP contribution >= 0.6 is 27.3 Å². The standard InChI is InChI=1S/C14H22BrN3OS/c1-3-9(16)13(11-5-6-12(15)20-11)18-8-7-17-14(19)10(18)4-2/h5-6,9-10,13H,3-4,7-8,16H2,1-2H3,(H,17,19). The van der Waals surface area contributed by atoms with Gasteiger partial charge < -0.3 is 11.1 Å². The van der Waals surface area contributed by atoms with Gasteiger partial charge in [0.05, 0.1) is 15.9 Å². The number of piperazine rings is 1. The smallest absolute Gasteiger partial charge is 0.237 e. The molecular formula is C14H22BrN3OS. The quantitative estimate of drug-likeness (QED) is 0.848. The van der Waals surface area contributed by atoms with Crippen molar-refractivity contribution in [2.75, 3.05) is 13.1 Å². The number of thiophene rings is 1. The van der Waals surface area contributed by atoms with Crippen LogP contribution in [0.25, 0.3) is 0 Å². The number of hydrogen-bond acceptors (Lipinski definition) is 4. The molecule has 3 unspecified atom stereocenters. The molecule has 0 saturated carbocycles. The minimum absolute atomic E-state index is 0.0421. The molecule has 2 heterocycles. The summed E-state index contributed by atoms with van der Waals surface area (Å²) in [4.78, 5) is 15.6. The molecule has 0 aliphatic carbocycles. The van der Waals surface area contributed by atoms with Crippen molar-refractivity contribution >= 4 is 33.2 Å². The Balaban J connectivity index is 2.32. The summed E-state index contributed by atoms with van der Waals surface area (Å²) in [5.74, 6) is 0.127. The lowest BCUT2D eigenvalue weighted by Gasteiger charge is -2.42. The summed E-state index contributed by atoms with van der Waals surface area (Å²) >= 11 is 5.23. The van der Waals surface area contributed by atoms with Crippen LogP contribution in [0.15, 0.2) is 15.9 Å². The molecule has 1 amide bonds. The Morgan fingerprint density at radius 1 is 1.55 bits per heavy atom. The minimum atomic E-state index is -0.0766. The minimum Gasteiger partial charge on any atom is -0.353 e. The molecule has 3 atom stereocenters. The summed E-state index contributed by atoms with van der Waals surface area (Å²) < 4.78 is 1.11. The number of nitrogens with one attached hydrogen (secondary N) is 1. The number of carbonyl (C=O) groups excluding carboxylic acids is 1. The summed E-state index contributed by atoms with van der Waals surface area (Å²) in [5, 5.41) is 2.95. The molecule has 0 spiro atoms. The summed E-state index contributed by atoms with van der Waals surface area (Å²) in [5.41, 5.74) is 6.37. The Morgan fingerprint density at radius 3 is 2.85 bits per heavy atom. The lowest BCUT2D eigenvalue weighted by molar-refractivity contribution is -0.130. The van der Waals surface area contributed by atoms with Gasteiger partial charge in [-0.15, -0.1) is 11.3 Å². The van der Waals surface area contributed by atoms with Crippen LogP contribution in [-0.4, -0.2) is 36.0 Å². The summed E-state index contributed by atoms with van der Waals surface area (Å²) in [6.45, 7) is 5.72. The molecule has 6 heteroatoms. The number of amides is 1. The van der Waals surface area contributed by atoms with Gasteiger partial charge in [0.1, 0.15) is 0 Å². The molecule has 4 nitrogen and oxygen atoms in total. The average Bonchev–Trinajstić information content (AvgIpc) is 2.85. The van der Waals surface area contributed by atoms with Crippen molar-refractivity contribution in [3.63, 3.8) is 0 Å². The summed E-state index contributed by atoms with van der Waals surface area (Å²) in [7, 11) is 0. The van der Waals surface area contributed by atoms with E-state index in [1.165, 1.54) is 4.88 Å². The van der Waals surface area contributed by atoms with Crippen molar-refractivity contribution in [2.24, 2.45) is 5.73 Å². The maximum absolute atomic E-state index is 12.1. The highest BCUT2D eigenvalue weighted by Gasteiger charge is 2.36. The van der Waals surface area contributed by atoms with Gasteiger partial charge in [0.25, 0.3) is 0 Å². The fourth-order valence-electron chi connectivity index (χ4n) is 2.82. The van der Waals surface area contributed by atoms with Crippen LogP contribution in [0, 0.1) is 0 Å². The monoisotopic (exact) mass is 359 g/mol. The van der Waals surface area contributed by atoms with Gasteiger partial charge in [-0.25, -0.2) is 0 Å². The third-order valence-electron chi connectivity index (χ3n) is 3.88. The fraction of sp³-hybridized carbons (Fsp3) is 0.643. The van der Waals surface area contributed by atoms with Gasteiger partial charge in [0, 0.05) is 24.0 Å². The molecule has 3 N–H and O–H groups in total. The van der Waals surface area contributed by atoms with Crippen LogP contribution in [0.5, 0.6) is 0 Å².